The van der Waals surface area contributed by atoms with Crippen LogP contribution in [0.25, 0.3) is 0 Å². The van der Waals surface area contributed by atoms with Gasteiger partial charge in [0.2, 0.25) is 6.10 Å². The lowest BCUT2D eigenvalue weighted by Crippen LogP contribution is -2.26. The second-order valence-corrected chi connectivity index (χ2v) is 4.40. The lowest BCUT2D eigenvalue weighted by molar-refractivity contribution is -0.198. The summed E-state index contributed by atoms with van der Waals surface area (Å²) in [6.07, 6.45) is -4.15. The second kappa shape index (κ2) is 5.95. The van der Waals surface area contributed by atoms with Gasteiger partial charge in [-0.05, 0) is 31.2 Å². The molecular weight excluding hydrogens is 283 g/mol. The SMILES string of the molecule is CC(=O)c1cccc(OC(c2ccncc2)C(F)(F)F)c1. The molecule has 0 bridgehead atoms. The van der Waals surface area contributed by atoms with Crippen molar-refractivity contribution in [3.05, 3.63) is 59.9 Å². The van der Waals surface area contributed by atoms with E-state index in [1.54, 1.807) is 0 Å². The van der Waals surface area contributed by atoms with Gasteiger partial charge in [0, 0.05) is 23.5 Å². The highest BCUT2D eigenvalue weighted by Gasteiger charge is 2.43. The van der Waals surface area contributed by atoms with Crippen LogP contribution in [0.2, 0.25) is 0 Å². The molecule has 0 fully saturated rings. The van der Waals surface area contributed by atoms with Crippen molar-refractivity contribution in [2.24, 2.45) is 0 Å². The fourth-order valence-corrected chi connectivity index (χ4v) is 1.79. The number of alkyl halides is 3. The Morgan fingerprint density at radius 1 is 1.19 bits per heavy atom. The fourth-order valence-electron chi connectivity index (χ4n) is 1.79. The van der Waals surface area contributed by atoms with Gasteiger partial charge < -0.3 is 4.74 Å². The summed E-state index contributed by atoms with van der Waals surface area (Å²) in [6.45, 7) is 1.34. The number of ether oxygens (including phenoxy) is 1. The van der Waals surface area contributed by atoms with E-state index in [9.17, 15) is 18.0 Å². The van der Waals surface area contributed by atoms with Crippen LogP contribution in [-0.2, 0) is 0 Å². The van der Waals surface area contributed by atoms with E-state index in [0.717, 1.165) is 0 Å². The summed E-state index contributed by atoms with van der Waals surface area (Å²) >= 11 is 0. The standard InChI is InChI=1S/C15H12F3NO2/c1-10(20)12-3-2-4-13(9-12)21-14(15(16,17)18)11-5-7-19-8-6-11/h2-9,14H,1H3. The Labute approximate surface area is 119 Å². The quantitative estimate of drug-likeness (QED) is 0.801. The van der Waals surface area contributed by atoms with E-state index >= 15 is 0 Å². The van der Waals surface area contributed by atoms with Crippen LogP contribution in [0.3, 0.4) is 0 Å². The lowest BCUT2D eigenvalue weighted by Gasteiger charge is -2.22. The highest BCUT2D eigenvalue weighted by Crippen LogP contribution is 2.36. The molecule has 0 spiro atoms. The molecule has 0 saturated heterocycles. The van der Waals surface area contributed by atoms with Crippen molar-refractivity contribution < 1.29 is 22.7 Å². The van der Waals surface area contributed by atoms with Gasteiger partial charge in [0.25, 0.3) is 0 Å². The number of nitrogens with zero attached hydrogens (tertiary/aromatic N) is 1. The first-order chi connectivity index (χ1) is 9.88. The first kappa shape index (κ1) is 15.0. The molecule has 110 valence electrons. The van der Waals surface area contributed by atoms with Crippen molar-refractivity contribution in [2.75, 3.05) is 0 Å². The zero-order chi connectivity index (χ0) is 15.5. The van der Waals surface area contributed by atoms with Crippen LogP contribution in [0.5, 0.6) is 5.75 Å². The Bertz CT molecular complexity index is 626. The zero-order valence-corrected chi connectivity index (χ0v) is 11.1. The summed E-state index contributed by atoms with van der Waals surface area (Å²) in [4.78, 5) is 15.0. The highest BCUT2D eigenvalue weighted by molar-refractivity contribution is 5.94. The first-order valence-electron chi connectivity index (χ1n) is 6.12. The molecule has 1 heterocycles. The van der Waals surface area contributed by atoms with Gasteiger partial charge >= 0.3 is 6.18 Å². The molecule has 0 radical (unpaired) electrons. The Kier molecular flexibility index (Phi) is 4.26. The molecule has 0 aliphatic carbocycles. The molecule has 0 aliphatic rings. The van der Waals surface area contributed by atoms with E-state index < -0.39 is 12.3 Å². The van der Waals surface area contributed by atoms with Gasteiger partial charge in [-0.1, -0.05) is 12.1 Å². The van der Waals surface area contributed by atoms with Gasteiger partial charge in [0.1, 0.15) is 5.75 Å². The first-order valence-corrected chi connectivity index (χ1v) is 6.12. The Balaban J connectivity index is 2.32. The molecule has 0 aliphatic heterocycles. The molecule has 1 unspecified atom stereocenters. The fraction of sp³-hybridized carbons (Fsp3) is 0.200. The van der Waals surface area contributed by atoms with Crippen molar-refractivity contribution in [3.63, 3.8) is 0 Å². The average Bonchev–Trinajstić information content (AvgIpc) is 2.45. The van der Waals surface area contributed by atoms with Crippen LogP contribution in [0, 0.1) is 0 Å². The average molecular weight is 295 g/mol. The summed E-state index contributed by atoms with van der Waals surface area (Å²) in [5, 5.41) is 0. The molecule has 3 nitrogen and oxygen atoms in total. The number of ketones is 1. The minimum Gasteiger partial charge on any atom is -0.476 e. The minimum atomic E-state index is -4.58. The number of hydrogen-bond acceptors (Lipinski definition) is 3. The number of aromatic nitrogens is 1. The highest BCUT2D eigenvalue weighted by atomic mass is 19.4. The number of carbonyl (C=O) groups is 1. The van der Waals surface area contributed by atoms with E-state index in [1.807, 2.05) is 0 Å². The molecule has 0 amide bonds. The van der Waals surface area contributed by atoms with Gasteiger partial charge in [0.15, 0.2) is 5.78 Å². The summed E-state index contributed by atoms with van der Waals surface area (Å²) in [7, 11) is 0. The number of rotatable bonds is 4. The smallest absolute Gasteiger partial charge is 0.429 e. The molecule has 0 N–H and O–H groups in total. The molecule has 2 aromatic rings. The number of hydrogen-bond donors (Lipinski definition) is 0. The minimum absolute atomic E-state index is 0.0122. The lowest BCUT2D eigenvalue weighted by atomic mass is 10.1. The van der Waals surface area contributed by atoms with Crippen molar-refractivity contribution in [1.82, 2.24) is 4.98 Å². The molecule has 1 aromatic carbocycles. The summed E-state index contributed by atoms with van der Waals surface area (Å²) in [6, 6.07) is 8.16. The summed E-state index contributed by atoms with van der Waals surface area (Å²) < 4.78 is 44.5. The second-order valence-electron chi connectivity index (χ2n) is 4.40. The van der Waals surface area contributed by atoms with E-state index in [0.29, 0.717) is 5.56 Å². The number of pyridine rings is 1. The van der Waals surface area contributed by atoms with E-state index in [4.69, 9.17) is 4.74 Å². The third-order valence-electron chi connectivity index (χ3n) is 2.80. The third kappa shape index (κ3) is 3.81. The van der Waals surface area contributed by atoms with Crippen molar-refractivity contribution in [1.29, 1.82) is 0 Å². The molecule has 6 heteroatoms. The zero-order valence-electron chi connectivity index (χ0n) is 11.1. The van der Waals surface area contributed by atoms with Gasteiger partial charge in [0.05, 0.1) is 0 Å². The Morgan fingerprint density at radius 3 is 2.43 bits per heavy atom. The molecule has 1 aromatic heterocycles. The van der Waals surface area contributed by atoms with Crippen LogP contribution in [0.1, 0.15) is 28.9 Å². The van der Waals surface area contributed by atoms with Crippen LogP contribution < -0.4 is 4.74 Å². The molecule has 0 saturated carbocycles. The maximum Gasteiger partial charge on any atom is 0.429 e. The van der Waals surface area contributed by atoms with Gasteiger partial charge in [-0.15, -0.1) is 0 Å². The van der Waals surface area contributed by atoms with Gasteiger partial charge in [-0.25, -0.2) is 0 Å². The van der Waals surface area contributed by atoms with Gasteiger partial charge in [-0.2, -0.15) is 13.2 Å². The largest absolute Gasteiger partial charge is 0.476 e. The Hall–Kier alpha value is -2.37. The predicted molar refractivity (Wildman–Crippen MR) is 70.1 cm³/mol. The summed E-state index contributed by atoms with van der Waals surface area (Å²) in [5.41, 5.74) is 0.244. The van der Waals surface area contributed by atoms with Gasteiger partial charge in [-0.3, -0.25) is 9.78 Å². The number of carbonyl (C=O) groups excluding carboxylic acids is 1. The normalized spacial score (nSPS) is 12.8. The van der Waals surface area contributed by atoms with E-state index in [-0.39, 0.29) is 17.1 Å². The summed E-state index contributed by atoms with van der Waals surface area (Å²) in [5.74, 6) is -0.255. The number of Topliss-reactive ketones (excluding diaryl/α,β-unsaturated/α-hetero) is 1. The van der Waals surface area contributed by atoms with Crippen molar-refractivity contribution >= 4 is 5.78 Å². The van der Waals surface area contributed by atoms with E-state index in [2.05, 4.69) is 4.98 Å². The molecule has 1 atom stereocenters. The van der Waals surface area contributed by atoms with Crippen LogP contribution in [0.4, 0.5) is 13.2 Å². The topological polar surface area (TPSA) is 39.2 Å². The monoisotopic (exact) mass is 295 g/mol. The number of halogens is 3. The van der Waals surface area contributed by atoms with E-state index in [1.165, 1.54) is 55.7 Å². The molecular formula is C15H12F3NO2. The van der Waals surface area contributed by atoms with Crippen LogP contribution in [-0.4, -0.2) is 16.9 Å². The number of benzene rings is 1. The third-order valence-corrected chi connectivity index (χ3v) is 2.80. The van der Waals surface area contributed by atoms with Crippen molar-refractivity contribution in [3.8, 4) is 5.75 Å². The predicted octanol–water partition coefficient (Wildman–Crippen LogP) is 3.97. The van der Waals surface area contributed by atoms with Crippen molar-refractivity contribution in [2.45, 2.75) is 19.2 Å². The van der Waals surface area contributed by atoms with Crippen LogP contribution in [0.15, 0.2) is 48.8 Å². The maximum absolute atomic E-state index is 13.1. The maximum atomic E-state index is 13.1. The molecule has 2 rings (SSSR count). The molecule has 21 heavy (non-hydrogen) atoms. The Morgan fingerprint density at radius 2 is 1.86 bits per heavy atom. The van der Waals surface area contributed by atoms with Crippen LogP contribution >= 0.6 is 0 Å².